The second-order valence-corrected chi connectivity index (χ2v) is 3.14. The predicted molar refractivity (Wildman–Crippen MR) is 60.7 cm³/mol. The first-order valence-electron chi connectivity index (χ1n) is 4.76. The highest BCUT2D eigenvalue weighted by atomic mass is 16.4. The molecule has 0 heterocycles. The van der Waals surface area contributed by atoms with Gasteiger partial charge in [-0.15, -0.1) is 0 Å². The molecule has 0 bridgehead atoms. The summed E-state index contributed by atoms with van der Waals surface area (Å²) in [7, 11) is 0. The third kappa shape index (κ3) is 11.8. The van der Waals surface area contributed by atoms with Crippen molar-refractivity contribution in [2.75, 3.05) is 0 Å². The van der Waals surface area contributed by atoms with Gasteiger partial charge in [0.15, 0.2) is 0 Å². The highest BCUT2D eigenvalue weighted by Gasteiger charge is 2.07. The summed E-state index contributed by atoms with van der Waals surface area (Å²) in [4.78, 5) is 29.7. The molecule has 0 aromatic rings. The van der Waals surface area contributed by atoms with E-state index in [1.54, 1.807) is 0 Å². The van der Waals surface area contributed by atoms with Crippen molar-refractivity contribution >= 4 is 17.9 Å². The number of carbonyl (C=O) groups is 3. The van der Waals surface area contributed by atoms with Crippen molar-refractivity contribution in [3.05, 3.63) is 24.3 Å². The summed E-state index contributed by atoms with van der Waals surface area (Å²) in [6, 6.07) is 0. The number of carboxylic acid groups (broad SMARTS) is 3. The van der Waals surface area contributed by atoms with Crippen molar-refractivity contribution in [1.29, 1.82) is 0 Å². The number of hydrogen-bond acceptors (Lipinski definition) is 3. The van der Waals surface area contributed by atoms with E-state index in [1.165, 1.54) is 0 Å². The molecule has 0 saturated carbocycles. The molecule has 0 saturated heterocycles. The normalized spacial score (nSPS) is 8.53. The molecule has 0 atom stereocenters. The fraction of sp³-hybridized carbons (Fsp3) is 0.364. The highest BCUT2D eigenvalue weighted by molar-refractivity contribution is 5.91. The maximum Gasteiger partial charge on any atom is 0.331 e. The Labute approximate surface area is 98.9 Å². The summed E-state index contributed by atoms with van der Waals surface area (Å²) in [6.07, 6.45) is 0.940. The van der Waals surface area contributed by atoms with Crippen LogP contribution in [-0.2, 0) is 14.4 Å². The Morgan fingerprint density at radius 3 is 1.47 bits per heavy atom. The van der Waals surface area contributed by atoms with Gasteiger partial charge in [0.1, 0.15) is 0 Å². The Hall–Kier alpha value is -2.11. The van der Waals surface area contributed by atoms with Crippen molar-refractivity contribution in [3.8, 4) is 0 Å². The fourth-order valence-electron chi connectivity index (χ4n) is 0.667. The molecular weight excluding hydrogens is 228 g/mol. The van der Waals surface area contributed by atoms with E-state index in [9.17, 15) is 14.4 Å². The smallest absolute Gasteiger partial charge is 0.331 e. The molecular formula is C11H16O6. The lowest BCUT2D eigenvalue weighted by Gasteiger charge is -1.92. The van der Waals surface area contributed by atoms with Crippen LogP contribution in [0.4, 0.5) is 0 Å². The second kappa shape index (κ2) is 9.14. The van der Waals surface area contributed by atoms with Crippen LogP contribution in [0, 0.1) is 0 Å². The molecule has 0 aromatic heterocycles. The Bertz CT molecular complexity index is 329. The van der Waals surface area contributed by atoms with Crippen LogP contribution in [0.5, 0.6) is 0 Å². The minimum absolute atomic E-state index is 0.299. The minimum Gasteiger partial charge on any atom is -0.481 e. The molecule has 0 aliphatic carbocycles. The van der Waals surface area contributed by atoms with Gasteiger partial charge in [-0.05, 0) is 6.42 Å². The molecule has 3 N–H and O–H groups in total. The monoisotopic (exact) mass is 244 g/mol. The molecule has 0 spiro atoms. The molecule has 17 heavy (non-hydrogen) atoms. The van der Waals surface area contributed by atoms with Crippen LogP contribution in [0.25, 0.3) is 0 Å². The van der Waals surface area contributed by atoms with Gasteiger partial charge in [-0.1, -0.05) is 26.5 Å². The summed E-state index contributed by atoms with van der Waals surface area (Å²) in [5.74, 6) is -3.33. The first-order chi connectivity index (χ1) is 7.72. The summed E-state index contributed by atoms with van der Waals surface area (Å²) in [6.45, 7) is 8.28. The molecule has 0 radical (unpaired) electrons. The molecule has 6 heteroatoms. The third-order valence-corrected chi connectivity index (χ3v) is 1.52. The van der Waals surface area contributed by atoms with E-state index >= 15 is 0 Å². The maximum absolute atomic E-state index is 9.99. The average Bonchev–Trinajstić information content (AvgIpc) is 2.17. The summed E-state index contributed by atoms with van der Waals surface area (Å²) >= 11 is 0. The number of rotatable bonds is 6. The molecule has 0 aliphatic rings. The van der Waals surface area contributed by atoms with Crippen LogP contribution in [-0.4, -0.2) is 33.2 Å². The van der Waals surface area contributed by atoms with Crippen LogP contribution in [0.3, 0.4) is 0 Å². The van der Waals surface area contributed by atoms with Crippen molar-refractivity contribution in [1.82, 2.24) is 0 Å². The van der Waals surface area contributed by atoms with Gasteiger partial charge in [-0.3, -0.25) is 4.79 Å². The summed E-state index contributed by atoms with van der Waals surface area (Å²) < 4.78 is 0. The van der Waals surface area contributed by atoms with Gasteiger partial charge in [0.05, 0.1) is 6.42 Å². The molecule has 6 nitrogen and oxygen atoms in total. The number of hydrogen-bond donors (Lipinski definition) is 3. The molecule has 0 aromatic carbocycles. The highest BCUT2D eigenvalue weighted by Crippen LogP contribution is 1.99. The number of aliphatic carboxylic acids is 3. The van der Waals surface area contributed by atoms with E-state index in [0.717, 1.165) is 6.42 Å². The largest absolute Gasteiger partial charge is 0.481 e. The maximum atomic E-state index is 9.99. The fourth-order valence-corrected chi connectivity index (χ4v) is 0.667. The molecule has 0 aliphatic heterocycles. The molecule has 0 rings (SSSR count). The lowest BCUT2D eigenvalue weighted by molar-refractivity contribution is -0.139. The van der Waals surface area contributed by atoms with E-state index in [0.29, 0.717) is 12.0 Å². The summed E-state index contributed by atoms with van der Waals surface area (Å²) in [5, 5.41) is 24.3. The van der Waals surface area contributed by atoms with Crippen molar-refractivity contribution < 1.29 is 29.7 Å². The topological polar surface area (TPSA) is 112 Å². The van der Waals surface area contributed by atoms with E-state index in [1.807, 2.05) is 6.92 Å². The van der Waals surface area contributed by atoms with Gasteiger partial charge in [0.2, 0.25) is 0 Å². The first kappa shape index (κ1) is 17.3. The van der Waals surface area contributed by atoms with E-state index in [4.69, 9.17) is 15.3 Å². The molecule has 0 amide bonds. The van der Waals surface area contributed by atoms with E-state index < -0.39 is 24.3 Å². The molecule has 0 unspecified atom stereocenters. The minimum atomic E-state index is -1.27. The predicted octanol–water partition coefficient (Wildman–Crippen LogP) is 1.53. The first-order valence-corrected chi connectivity index (χ1v) is 4.76. The quantitative estimate of drug-likeness (QED) is 0.611. The zero-order valence-electron chi connectivity index (χ0n) is 9.60. The number of carboxylic acids is 3. The van der Waals surface area contributed by atoms with Gasteiger partial charge in [-0.25, -0.2) is 9.59 Å². The van der Waals surface area contributed by atoms with Gasteiger partial charge in [-0.2, -0.15) is 0 Å². The van der Waals surface area contributed by atoms with Gasteiger partial charge < -0.3 is 15.3 Å². The lowest BCUT2D eigenvalue weighted by atomic mass is 10.2. The Kier molecular flexibility index (Phi) is 9.30. The Morgan fingerprint density at radius 1 is 0.941 bits per heavy atom. The van der Waals surface area contributed by atoms with Crippen molar-refractivity contribution in [3.63, 3.8) is 0 Å². The average molecular weight is 244 g/mol. The van der Waals surface area contributed by atoms with Crippen LogP contribution in [0.2, 0.25) is 0 Å². The Morgan fingerprint density at radius 2 is 1.35 bits per heavy atom. The van der Waals surface area contributed by atoms with Crippen molar-refractivity contribution in [2.24, 2.45) is 0 Å². The summed E-state index contributed by atoms with van der Waals surface area (Å²) in [5.41, 5.74) is -0.00463. The molecule has 96 valence electrons. The zero-order valence-corrected chi connectivity index (χ0v) is 9.60. The second-order valence-electron chi connectivity index (χ2n) is 3.14. The zero-order chi connectivity index (χ0) is 14.0. The van der Waals surface area contributed by atoms with Crippen LogP contribution in [0.1, 0.15) is 26.2 Å². The Balaban J connectivity index is 0. The van der Waals surface area contributed by atoms with E-state index in [-0.39, 0.29) is 5.57 Å². The van der Waals surface area contributed by atoms with Gasteiger partial charge in [0.25, 0.3) is 0 Å². The van der Waals surface area contributed by atoms with Gasteiger partial charge in [0, 0.05) is 11.1 Å². The van der Waals surface area contributed by atoms with Crippen LogP contribution >= 0.6 is 0 Å². The SMILES string of the molecule is C=C(CC(=O)O)C(=O)O.C=C(CCC)C(=O)O. The third-order valence-electron chi connectivity index (χ3n) is 1.52. The van der Waals surface area contributed by atoms with Crippen LogP contribution in [0.15, 0.2) is 24.3 Å². The van der Waals surface area contributed by atoms with E-state index in [2.05, 4.69) is 13.2 Å². The van der Waals surface area contributed by atoms with Gasteiger partial charge >= 0.3 is 17.9 Å². The van der Waals surface area contributed by atoms with Crippen molar-refractivity contribution in [2.45, 2.75) is 26.2 Å². The standard InChI is InChI=1S/C6H10O2.C5H6O4/c1-3-4-5(2)6(7)8;1-3(5(8)9)2-4(6)7/h2-4H2,1H3,(H,7,8);1-2H2,(H,6,7)(H,8,9). The lowest BCUT2D eigenvalue weighted by Crippen LogP contribution is -2.04. The molecule has 0 fully saturated rings. The van der Waals surface area contributed by atoms with Crippen LogP contribution < -0.4 is 0 Å².